The van der Waals surface area contributed by atoms with Crippen molar-refractivity contribution in [3.8, 4) is 0 Å². The molecule has 4 rings (SSSR count). The summed E-state index contributed by atoms with van der Waals surface area (Å²) < 4.78 is 56.6. The molecular weight excluding hydrogens is 633 g/mol. The zero-order valence-electron chi connectivity index (χ0n) is 26.2. The van der Waals surface area contributed by atoms with Crippen molar-refractivity contribution in [3.05, 3.63) is 72.8 Å². The van der Waals surface area contributed by atoms with Gasteiger partial charge < -0.3 is 9.80 Å². The molecule has 8 nitrogen and oxygen atoms in total. The van der Waals surface area contributed by atoms with Gasteiger partial charge in [-0.05, 0) is 37.1 Å². The molecule has 0 aliphatic carbocycles. The molecule has 0 aliphatic rings. The third-order valence-corrected chi connectivity index (χ3v) is 14.0. The van der Waals surface area contributed by atoms with Gasteiger partial charge in [0.1, 0.15) is 0 Å². The lowest BCUT2D eigenvalue weighted by Crippen LogP contribution is -2.28. The first kappa shape index (κ1) is 34.4. The molecule has 0 amide bonds. The number of rotatable bonds is 15. The van der Waals surface area contributed by atoms with Crippen LogP contribution in [0.2, 0.25) is 0 Å². The maximum atomic E-state index is 13.4. The van der Waals surface area contributed by atoms with E-state index >= 15 is 0 Å². The van der Waals surface area contributed by atoms with Crippen molar-refractivity contribution in [2.45, 2.75) is 22.6 Å². The third kappa shape index (κ3) is 7.48. The molecule has 0 spiro atoms. The van der Waals surface area contributed by atoms with Crippen LogP contribution in [-0.2, 0) is 20.0 Å². The van der Waals surface area contributed by atoms with Crippen LogP contribution in [-0.4, -0.2) is 92.3 Å². The number of hydrogen-bond acceptors (Lipinski definition) is 8. The second-order valence-corrected chi connectivity index (χ2v) is 17.8. The van der Waals surface area contributed by atoms with E-state index in [1.54, 1.807) is 59.9 Å². The SMILES string of the molecule is CN(C)c1cccc2c(S(=O)(=O)N(C)CCCSSCCCN(C)S(=O)(=O)c3cccc4c(N(C)C)cccc34)cccc12. The van der Waals surface area contributed by atoms with Gasteiger partial charge in [0.25, 0.3) is 0 Å². The number of nitrogens with zero attached hydrogens (tertiary/aromatic N) is 4. The molecule has 0 heterocycles. The van der Waals surface area contributed by atoms with Crippen molar-refractivity contribution in [1.82, 2.24) is 8.61 Å². The Balaban J connectivity index is 1.24. The first-order valence-corrected chi connectivity index (χ1v) is 19.8. The van der Waals surface area contributed by atoms with E-state index in [0.29, 0.717) is 35.7 Å². The summed E-state index contributed by atoms with van der Waals surface area (Å²) in [6.07, 6.45) is 1.43. The molecule has 0 aromatic heterocycles. The van der Waals surface area contributed by atoms with Gasteiger partial charge in [-0.2, -0.15) is 0 Å². The Labute approximate surface area is 270 Å². The molecule has 0 aliphatic heterocycles. The van der Waals surface area contributed by atoms with Crippen LogP contribution in [0.25, 0.3) is 21.5 Å². The van der Waals surface area contributed by atoms with Crippen LogP contribution in [0.5, 0.6) is 0 Å². The summed E-state index contributed by atoms with van der Waals surface area (Å²) in [4.78, 5) is 4.62. The van der Waals surface area contributed by atoms with Gasteiger partial charge in [-0.25, -0.2) is 25.4 Å². The number of hydrogen-bond donors (Lipinski definition) is 0. The largest absolute Gasteiger partial charge is 0.377 e. The highest BCUT2D eigenvalue weighted by Gasteiger charge is 2.24. The zero-order chi connectivity index (χ0) is 32.1. The molecule has 4 aromatic carbocycles. The average molecular weight is 675 g/mol. The molecule has 0 N–H and O–H groups in total. The van der Waals surface area contributed by atoms with Crippen LogP contribution < -0.4 is 9.80 Å². The molecule has 12 heteroatoms. The number of sulfonamides is 2. The molecular formula is C32H42N4O4S4. The summed E-state index contributed by atoms with van der Waals surface area (Å²) in [6.45, 7) is 0.836. The molecule has 0 atom stereocenters. The van der Waals surface area contributed by atoms with Crippen molar-refractivity contribution in [2.24, 2.45) is 0 Å². The lowest BCUT2D eigenvalue weighted by Gasteiger charge is -2.20. The Kier molecular flexibility index (Phi) is 11.5. The average Bonchev–Trinajstić information content (AvgIpc) is 3.00. The molecule has 0 fully saturated rings. The van der Waals surface area contributed by atoms with Crippen molar-refractivity contribution in [1.29, 1.82) is 0 Å². The minimum absolute atomic E-state index is 0.323. The molecule has 0 saturated heterocycles. The summed E-state index contributed by atoms with van der Waals surface area (Å²) in [5, 5.41) is 3.27. The van der Waals surface area contributed by atoms with E-state index in [9.17, 15) is 16.8 Å². The highest BCUT2D eigenvalue weighted by atomic mass is 33.1. The fraction of sp³-hybridized carbons (Fsp3) is 0.375. The van der Waals surface area contributed by atoms with E-state index in [4.69, 9.17) is 0 Å². The molecule has 238 valence electrons. The molecule has 0 saturated carbocycles. The Hall–Kier alpha value is -2.48. The van der Waals surface area contributed by atoms with Gasteiger partial charge in [0.05, 0.1) is 9.79 Å². The Bertz CT molecular complexity index is 1680. The number of anilines is 2. The van der Waals surface area contributed by atoms with Crippen LogP contribution in [0.4, 0.5) is 11.4 Å². The monoisotopic (exact) mass is 674 g/mol. The van der Waals surface area contributed by atoms with E-state index in [1.807, 2.05) is 86.5 Å². The minimum atomic E-state index is -3.64. The molecule has 0 bridgehead atoms. The van der Waals surface area contributed by atoms with Crippen LogP contribution in [0.3, 0.4) is 0 Å². The summed E-state index contributed by atoms with van der Waals surface area (Å²) in [5.41, 5.74) is 1.96. The predicted molar refractivity (Wildman–Crippen MR) is 190 cm³/mol. The second-order valence-electron chi connectivity index (χ2n) is 11.0. The Morgan fingerprint density at radius 1 is 0.500 bits per heavy atom. The third-order valence-electron chi connectivity index (χ3n) is 7.54. The first-order chi connectivity index (χ1) is 20.9. The fourth-order valence-corrected chi connectivity index (χ4v) is 10.1. The van der Waals surface area contributed by atoms with Gasteiger partial charge in [-0.1, -0.05) is 70.1 Å². The lowest BCUT2D eigenvalue weighted by molar-refractivity contribution is 0.469. The summed E-state index contributed by atoms with van der Waals surface area (Å²) in [5.74, 6) is 1.59. The summed E-state index contributed by atoms with van der Waals surface area (Å²) in [6, 6.07) is 22.3. The van der Waals surface area contributed by atoms with Crippen molar-refractivity contribution >= 4 is 74.6 Å². The predicted octanol–water partition coefficient (Wildman–Crippen LogP) is 6.23. The highest BCUT2D eigenvalue weighted by molar-refractivity contribution is 8.76. The summed E-state index contributed by atoms with van der Waals surface area (Å²) in [7, 11) is 7.16. The zero-order valence-corrected chi connectivity index (χ0v) is 29.5. The van der Waals surface area contributed by atoms with Crippen molar-refractivity contribution in [2.75, 3.05) is 76.7 Å². The quantitative estimate of drug-likeness (QED) is 0.109. The van der Waals surface area contributed by atoms with Crippen LogP contribution in [0.1, 0.15) is 12.8 Å². The van der Waals surface area contributed by atoms with Crippen LogP contribution in [0.15, 0.2) is 82.6 Å². The minimum Gasteiger partial charge on any atom is -0.377 e. The van der Waals surface area contributed by atoms with E-state index < -0.39 is 20.0 Å². The summed E-state index contributed by atoms with van der Waals surface area (Å²) >= 11 is 0. The molecule has 4 aromatic rings. The number of benzene rings is 4. The molecule has 0 unspecified atom stereocenters. The van der Waals surface area contributed by atoms with E-state index in [2.05, 4.69) is 0 Å². The van der Waals surface area contributed by atoms with Gasteiger partial charge >= 0.3 is 0 Å². The fourth-order valence-electron chi connectivity index (χ4n) is 5.15. The maximum Gasteiger partial charge on any atom is 0.243 e. The van der Waals surface area contributed by atoms with E-state index in [-0.39, 0.29) is 0 Å². The molecule has 44 heavy (non-hydrogen) atoms. The highest BCUT2D eigenvalue weighted by Crippen LogP contribution is 2.33. The topological polar surface area (TPSA) is 81.2 Å². The smallest absolute Gasteiger partial charge is 0.243 e. The Morgan fingerprint density at radius 2 is 0.841 bits per heavy atom. The van der Waals surface area contributed by atoms with Gasteiger partial charge in [0, 0.05) is 99.8 Å². The van der Waals surface area contributed by atoms with Gasteiger partial charge in [0.15, 0.2) is 0 Å². The van der Waals surface area contributed by atoms with E-state index in [1.165, 1.54) is 8.61 Å². The van der Waals surface area contributed by atoms with Crippen molar-refractivity contribution in [3.63, 3.8) is 0 Å². The Morgan fingerprint density at radius 3 is 1.20 bits per heavy atom. The second kappa shape index (κ2) is 14.7. The van der Waals surface area contributed by atoms with Crippen molar-refractivity contribution < 1.29 is 16.8 Å². The van der Waals surface area contributed by atoms with Crippen LogP contribution in [0, 0.1) is 0 Å². The standard InChI is InChI=1S/C32H42N4O4S4/c1-33(2)29-17-7-15-27-25(29)13-9-19-31(27)43(37,38)35(5)21-11-23-41-42-24-12-22-36(6)44(39,40)32-20-10-14-26-28(32)16-8-18-30(26)34(3)4/h7-10,13-20H,11-12,21-24H2,1-6H3. The van der Waals surface area contributed by atoms with Gasteiger partial charge in [-0.15, -0.1) is 0 Å². The number of fused-ring (bicyclic) bond motifs is 2. The normalized spacial score (nSPS) is 12.5. The first-order valence-electron chi connectivity index (χ1n) is 14.4. The lowest BCUT2D eigenvalue weighted by atomic mass is 10.1. The maximum absolute atomic E-state index is 13.4. The van der Waals surface area contributed by atoms with E-state index in [0.717, 1.165) is 44.4 Å². The van der Waals surface area contributed by atoms with Gasteiger partial charge in [-0.3, -0.25) is 0 Å². The van der Waals surface area contributed by atoms with Gasteiger partial charge in [0.2, 0.25) is 20.0 Å². The van der Waals surface area contributed by atoms with Crippen LogP contribution >= 0.6 is 21.6 Å². The molecule has 0 radical (unpaired) electrons.